The normalized spacial score (nSPS) is 11.2. The van der Waals surface area contributed by atoms with E-state index in [-0.39, 0.29) is 5.91 Å². The molecular weight excluding hydrogens is 464 g/mol. The summed E-state index contributed by atoms with van der Waals surface area (Å²) in [6.07, 6.45) is 2.67. The van der Waals surface area contributed by atoms with E-state index in [0.29, 0.717) is 28.6 Å². The lowest BCUT2D eigenvalue weighted by atomic mass is 10.1. The minimum atomic E-state index is -0.520. The van der Waals surface area contributed by atoms with Crippen molar-refractivity contribution < 1.29 is 9.72 Å². The molecule has 0 aliphatic rings. The summed E-state index contributed by atoms with van der Waals surface area (Å²) in [5.41, 5.74) is 3.93. The second-order valence-electron chi connectivity index (χ2n) is 7.86. The molecule has 1 amide bonds. The molecule has 0 saturated heterocycles. The molecule has 0 aliphatic heterocycles. The largest absolute Gasteiger partial charge is 0.380 e. The summed E-state index contributed by atoms with van der Waals surface area (Å²) in [4.78, 5) is 29.9. The van der Waals surface area contributed by atoms with Gasteiger partial charge in [-0.2, -0.15) is 0 Å². The molecule has 2 heterocycles. The summed E-state index contributed by atoms with van der Waals surface area (Å²) in [7, 11) is 3.40. The van der Waals surface area contributed by atoms with E-state index in [1.807, 2.05) is 41.8 Å². The maximum absolute atomic E-state index is 13.0. The molecule has 9 nitrogen and oxygen atoms in total. The Balaban J connectivity index is 1.46. The summed E-state index contributed by atoms with van der Waals surface area (Å²) in [5.74, 6) is 0.0692. The van der Waals surface area contributed by atoms with Crippen LogP contribution < -0.4 is 16.0 Å². The third-order valence-corrected chi connectivity index (χ3v) is 6.10. The van der Waals surface area contributed by atoms with E-state index in [1.54, 1.807) is 49.5 Å². The summed E-state index contributed by atoms with van der Waals surface area (Å²) < 4.78 is 0. The molecule has 0 unspecified atom stereocenters. The van der Waals surface area contributed by atoms with Crippen molar-refractivity contribution in [2.24, 2.45) is 0 Å². The lowest BCUT2D eigenvalue weighted by Gasteiger charge is -2.17. The molecule has 178 valence electrons. The van der Waals surface area contributed by atoms with E-state index >= 15 is 0 Å². The number of pyridine rings is 1. The minimum Gasteiger partial charge on any atom is -0.380 e. The Labute approximate surface area is 206 Å². The molecule has 2 aromatic carbocycles. The zero-order chi connectivity index (χ0) is 24.8. The number of amides is 1. The number of nitrogens with one attached hydrogen (secondary N) is 3. The molecule has 0 spiro atoms. The number of nitrogens with zero attached hydrogens (tertiary/aromatic N) is 3. The van der Waals surface area contributed by atoms with Gasteiger partial charge < -0.3 is 20.9 Å². The van der Waals surface area contributed by atoms with Crippen molar-refractivity contribution in [3.8, 4) is 0 Å². The lowest BCUT2D eigenvalue weighted by Crippen LogP contribution is -2.19. The fourth-order valence-electron chi connectivity index (χ4n) is 3.49. The van der Waals surface area contributed by atoms with Gasteiger partial charge in [0.1, 0.15) is 4.88 Å². The lowest BCUT2D eigenvalue weighted by molar-refractivity contribution is -0.404. The molecule has 0 fully saturated rings. The van der Waals surface area contributed by atoms with Gasteiger partial charge in [0.15, 0.2) is 5.82 Å². The molecule has 10 heteroatoms. The van der Waals surface area contributed by atoms with E-state index < -0.39 is 4.92 Å². The summed E-state index contributed by atoms with van der Waals surface area (Å²) in [6, 6.07) is 18.8. The monoisotopic (exact) mass is 488 g/mol. The molecule has 0 radical (unpaired) electrons. The van der Waals surface area contributed by atoms with Gasteiger partial charge in [-0.15, -0.1) is 11.3 Å². The number of fused-ring (bicyclic) bond motifs is 1. The number of para-hydroxylation sites is 1. The summed E-state index contributed by atoms with van der Waals surface area (Å²) in [5, 5.41) is 23.1. The van der Waals surface area contributed by atoms with Gasteiger partial charge in [0.2, 0.25) is 0 Å². The van der Waals surface area contributed by atoms with Gasteiger partial charge in [0.05, 0.1) is 16.1 Å². The number of aromatic nitrogens is 1. The van der Waals surface area contributed by atoms with Crippen LogP contribution in [0.3, 0.4) is 0 Å². The number of thiophene rings is 1. The summed E-state index contributed by atoms with van der Waals surface area (Å²) in [6.45, 7) is 0.551. The number of carbonyl (C=O) groups excluding carboxylic acids is 1. The molecule has 0 aliphatic carbocycles. The average Bonchev–Trinajstić information content (AvgIpc) is 3.31. The Morgan fingerprint density at radius 2 is 1.86 bits per heavy atom. The Kier molecular flexibility index (Phi) is 7.22. The van der Waals surface area contributed by atoms with Gasteiger partial charge >= 0.3 is 0 Å². The van der Waals surface area contributed by atoms with Crippen molar-refractivity contribution in [1.29, 1.82) is 0 Å². The maximum atomic E-state index is 13.0. The highest BCUT2D eigenvalue weighted by Gasteiger charge is 2.15. The number of anilines is 3. The Morgan fingerprint density at radius 1 is 1.09 bits per heavy atom. The molecule has 4 aromatic rings. The number of hydrogen-bond acceptors (Lipinski definition) is 8. The van der Waals surface area contributed by atoms with E-state index in [4.69, 9.17) is 0 Å². The zero-order valence-corrected chi connectivity index (χ0v) is 20.0. The second-order valence-corrected chi connectivity index (χ2v) is 8.77. The highest BCUT2D eigenvalue weighted by Crippen LogP contribution is 2.26. The van der Waals surface area contributed by atoms with Crippen LogP contribution in [0.5, 0.6) is 0 Å². The molecule has 35 heavy (non-hydrogen) atoms. The van der Waals surface area contributed by atoms with Crippen molar-refractivity contribution in [1.82, 2.24) is 9.88 Å². The van der Waals surface area contributed by atoms with E-state index in [9.17, 15) is 14.9 Å². The number of rotatable bonds is 9. The van der Waals surface area contributed by atoms with Crippen LogP contribution >= 0.6 is 11.3 Å². The van der Waals surface area contributed by atoms with Crippen molar-refractivity contribution in [2.75, 3.05) is 30.0 Å². The van der Waals surface area contributed by atoms with Crippen LogP contribution in [0.15, 0.2) is 84.3 Å². The van der Waals surface area contributed by atoms with E-state index in [0.717, 1.165) is 28.4 Å². The van der Waals surface area contributed by atoms with Crippen LogP contribution in [0.1, 0.15) is 15.2 Å². The first-order chi connectivity index (χ1) is 16.9. The standard InChI is InChI=1S/C25H24N6O3S/c1-30(2)23(16-31(33)34)28-18-6-5-7-19(14-18)29-25(32)24-22(11-13-35-24)27-15-17-10-12-26-21-9-4-3-8-20(17)21/h3-14,16,27-28H,15H2,1-2H3,(H,29,32)/b23-16+. The van der Waals surface area contributed by atoms with Crippen LogP contribution in [-0.4, -0.2) is 34.8 Å². The highest BCUT2D eigenvalue weighted by atomic mass is 32.1. The predicted molar refractivity (Wildman–Crippen MR) is 140 cm³/mol. The molecule has 2 aromatic heterocycles. The van der Waals surface area contributed by atoms with E-state index in [1.165, 1.54) is 11.3 Å². The molecule has 3 N–H and O–H groups in total. The van der Waals surface area contributed by atoms with Crippen LogP contribution in [0, 0.1) is 10.1 Å². The van der Waals surface area contributed by atoms with E-state index in [2.05, 4.69) is 20.9 Å². The third-order valence-electron chi connectivity index (χ3n) is 5.18. The van der Waals surface area contributed by atoms with Crippen molar-refractivity contribution in [3.63, 3.8) is 0 Å². The second kappa shape index (κ2) is 10.7. The fourth-order valence-corrected chi connectivity index (χ4v) is 4.26. The third kappa shape index (κ3) is 5.92. The van der Waals surface area contributed by atoms with Crippen molar-refractivity contribution >= 4 is 45.2 Å². The number of benzene rings is 2. The Morgan fingerprint density at radius 3 is 2.63 bits per heavy atom. The molecule has 0 atom stereocenters. The predicted octanol–water partition coefficient (Wildman–Crippen LogP) is 5.21. The summed E-state index contributed by atoms with van der Waals surface area (Å²) >= 11 is 1.35. The smallest absolute Gasteiger partial charge is 0.274 e. The minimum absolute atomic E-state index is 0.243. The van der Waals surface area contributed by atoms with Gasteiger partial charge in [-0.25, -0.2) is 0 Å². The van der Waals surface area contributed by atoms with Crippen molar-refractivity contribution in [3.05, 3.63) is 105 Å². The van der Waals surface area contributed by atoms with Crippen LogP contribution in [0.2, 0.25) is 0 Å². The van der Waals surface area contributed by atoms with Gasteiger partial charge in [0, 0.05) is 43.6 Å². The zero-order valence-electron chi connectivity index (χ0n) is 19.2. The Bertz CT molecular complexity index is 1390. The highest BCUT2D eigenvalue weighted by molar-refractivity contribution is 7.12. The van der Waals surface area contributed by atoms with Gasteiger partial charge in [-0.05, 0) is 47.3 Å². The number of nitro groups is 1. The molecule has 0 saturated carbocycles. The molecule has 0 bridgehead atoms. The topological polar surface area (TPSA) is 112 Å². The van der Waals surface area contributed by atoms with Gasteiger partial charge in [-0.3, -0.25) is 19.9 Å². The van der Waals surface area contributed by atoms with Gasteiger partial charge in [0.25, 0.3) is 12.1 Å². The Hall–Kier alpha value is -4.44. The van der Waals surface area contributed by atoms with Crippen LogP contribution in [0.25, 0.3) is 10.9 Å². The first-order valence-corrected chi connectivity index (χ1v) is 11.6. The van der Waals surface area contributed by atoms with Crippen LogP contribution in [0.4, 0.5) is 17.1 Å². The average molecular weight is 489 g/mol. The number of hydrogen-bond donors (Lipinski definition) is 3. The fraction of sp³-hybridized carbons (Fsp3) is 0.120. The maximum Gasteiger partial charge on any atom is 0.274 e. The molecular formula is C25H24N6O3S. The first kappa shape index (κ1) is 23.7. The van der Waals surface area contributed by atoms with Crippen molar-refractivity contribution in [2.45, 2.75) is 6.54 Å². The first-order valence-electron chi connectivity index (χ1n) is 10.8. The number of carbonyl (C=O) groups is 1. The molecule has 4 rings (SSSR count). The quantitative estimate of drug-likeness (QED) is 0.219. The van der Waals surface area contributed by atoms with Gasteiger partial charge in [-0.1, -0.05) is 24.3 Å². The SMILES string of the molecule is CN(C)/C(=C/[N+](=O)[O-])Nc1cccc(NC(=O)c2sccc2NCc2ccnc3ccccc23)c1. The van der Waals surface area contributed by atoms with Crippen LogP contribution in [-0.2, 0) is 6.54 Å².